The van der Waals surface area contributed by atoms with E-state index in [1.165, 1.54) is 0 Å². The second-order valence-electron chi connectivity index (χ2n) is 10.2. The lowest BCUT2D eigenvalue weighted by Crippen LogP contribution is -2.49. The second kappa shape index (κ2) is 23.1. The van der Waals surface area contributed by atoms with E-state index in [0.717, 1.165) is 19.4 Å². The van der Waals surface area contributed by atoms with Crippen molar-refractivity contribution in [2.24, 2.45) is 10.7 Å². The summed E-state index contributed by atoms with van der Waals surface area (Å²) in [6.45, 7) is 7.68. The zero-order chi connectivity index (χ0) is 30.3. The minimum Gasteiger partial charge on any atom is -0.359 e. The Morgan fingerprint density at radius 3 is 1.80 bits per heavy atom. The Morgan fingerprint density at radius 1 is 0.725 bits per heavy atom. The Bertz CT molecular complexity index is 777. The average Bonchev–Trinajstić information content (AvgIpc) is 2.91. The van der Waals surface area contributed by atoms with Gasteiger partial charge in [-0.1, -0.05) is 20.3 Å². The molecule has 0 spiro atoms. The Morgan fingerprint density at radius 2 is 1.27 bits per heavy atom. The molecule has 0 fully saturated rings. The predicted octanol–water partition coefficient (Wildman–Crippen LogP) is -0.590. The number of nitrogens with one attached hydrogen (secondary N) is 7. The zero-order valence-corrected chi connectivity index (χ0v) is 25.5. The Labute approximate surface area is 240 Å². The fourth-order valence-corrected chi connectivity index (χ4v) is 4.16. The monoisotopic (exact) mass is 569 g/mol. The lowest BCUT2D eigenvalue weighted by atomic mass is 10.0. The van der Waals surface area contributed by atoms with Gasteiger partial charge >= 0.3 is 6.03 Å². The van der Waals surface area contributed by atoms with Gasteiger partial charge in [0.25, 0.3) is 0 Å². The smallest absolute Gasteiger partial charge is 0.312 e. The van der Waals surface area contributed by atoms with Crippen LogP contribution < -0.4 is 43.0 Å². The molecule has 2 amide bonds. The summed E-state index contributed by atoms with van der Waals surface area (Å²) in [4.78, 5) is 53.2. The SMILES string of the molecule is C/N=C(/NC)NCCC[C@H](NCC(=O)[C@H](CCCNC(N)=O)NC)C(=O)CN[C@@H](CCCCNC(C)C)C(C)=O. The number of rotatable bonds is 24. The molecular weight excluding hydrogens is 514 g/mol. The van der Waals surface area contributed by atoms with Gasteiger partial charge in [0.2, 0.25) is 0 Å². The van der Waals surface area contributed by atoms with Gasteiger partial charge in [-0.2, -0.15) is 0 Å². The van der Waals surface area contributed by atoms with E-state index < -0.39 is 18.1 Å². The van der Waals surface area contributed by atoms with Crippen molar-refractivity contribution in [2.75, 3.05) is 53.9 Å². The minimum absolute atomic E-state index is 0.00893. The number of nitrogens with two attached hydrogens (primary N) is 1. The summed E-state index contributed by atoms with van der Waals surface area (Å²) >= 11 is 0. The van der Waals surface area contributed by atoms with Crippen LogP contribution in [0.5, 0.6) is 0 Å². The van der Waals surface area contributed by atoms with Crippen LogP contribution in [0, 0.1) is 0 Å². The van der Waals surface area contributed by atoms with Crippen molar-refractivity contribution in [3.63, 3.8) is 0 Å². The number of urea groups is 1. The topological polar surface area (TPSA) is 191 Å². The molecule has 13 heteroatoms. The molecule has 0 rings (SSSR count). The van der Waals surface area contributed by atoms with Crippen molar-refractivity contribution in [1.29, 1.82) is 0 Å². The number of guanidine groups is 1. The van der Waals surface area contributed by atoms with E-state index in [1.54, 1.807) is 28.1 Å². The molecule has 9 N–H and O–H groups in total. The Balaban J connectivity index is 5.02. The highest BCUT2D eigenvalue weighted by Gasteiger charge is 2.23. The number of amides is 2. The van der Waals surface area contributed by atoms with Crippen molar-refractivity contribution >= 4 is 29.3 Å². The Kier molecular flexibility index (Phi) is 21.6. The summed E-state index contributed by atoms with van der Waals surface area (Å²) in [6.07, 6.45) is 4.80. The summed E-state index contributed by atoms with van der Waals surface area (Å²) in [7, 11) is 5.16. The van der Waals surface area contributed by atoms with Crippen LogP contribution in [-0.2, 0) is 14.4 Å². The summed E-state index contributed by atoms with van der Waals surface area (Å²) in [5, 5.41) is 21.3. The average molecular weight is 570 g/mol. The number of hydrogen-bond donors (Lipinski definition) is 8. The van der Waals surface area contributed by atoms with Gasteiger partial charge in [-0.15, -0.1) is 0 Å². The number of ketones is 3. The summed E-state index contributed by atoms with van der Waals surface area (Å²) in [5.41, 5.74) is 5.08. The molecule has 0 saturated carbocycles. The van der Waals surface area contributed by atoms with Crippen molar-refractivity contribution in [1.82, 2.24) is 37.2 Å². The number of Topliss-reactive ketones (excluding diaryl/α,β-unsaturated/α-hetero) is 3. The standard InChI is InChI=1S/C27H55N9O4/c1-19(2)32-14-8-7-11-21(20(3)37)35-18-25(39)23(13-10-16-34-27(30-5)31-6)36-17-24(38)22(29-4)12-9-15-33-26(28)40/h19,21-23,29,32,35-36H,7-18H2,1-6H3,(H3,28,33,40)(H2,30,31,34)/t21-,22-,23-/m0/s1. The van der Waals surface area contributed by atoms with Crippen LogP contribution in [0.15, 0.2) is 4.99 Å². The molecule has 0 aliphatic carbocycles. The molecule has 0 heterocycles. The molecule has 3 atom stereocenters. The van der Waals surface area contributed by atoms with Gasteiger partial charge in [0, 0.05) is 33.2 Å². The van der Waals surface area contributed by atoms with Crippen molar-refractivity contribution in [3.05, 3.63) is 0 Å². The highest BCUT2D eigenvalue weighted by Crippen LogP contribution is 2.05. The van der Waals surface area contributed by atoms with Gasteiger partial charge in [-0.3, -0.25) is 19.4 Å². The lowest BCUT2D eigenvalue weighted by Gasteiger charge is -2.22. The molecular formula is C27H55N9O4. The van der Waals surface area contributed by atoms with Crippen LogP contribution in [0.3, 0.4) is 0 Å². The first-order chi connectivity index (χ1) is 19.0. The Hall–Kier alpha value is -2.61. The predicted molar refractivity (Wildman–Crippen MR) is 161 cm³/mol. The molecule has 0 radical (unpaired) electrons. The quantitative estimate of drug-likeness (QED) is 0.0423. The van der Waals surface area contributed by atoms with Gasteiger partial charge in [0.1, 0.15) is 5.78 Å². The maximum Gasteiger partial charge on any atom is 0.312 e. The normalized spacial score (nSPS) is 13.9. The molecule has 0 aliphatic heterocycles. The van der Waals surface area contributed by atoms with E-state index in [1.807, 2.05) is 0 Å². The summed E-state index contributed by atoms with van der Waals surface area (Å²) in [6, 6.07) is -1.52. The molecule has 13 nitrogen and oxygen atoms in total. The van der Waals surface area contributed by atoms with E-state index in [-0.39, 0.29) is 36.5 Å². The fraction of sp³-hybridized carbons (Fsp3) is 0.815. The summed E-state index contributed by atoms with van der Waals surface area (Å²) in [5.74, 6) is 0.501. The number of unbranched alkanes of at least 4 members (excludes halogenated alkanes) is 1. The molecule has 0 aromatic heterocycles. The lowest BCUT2D eigenvalue weighted by molar-refractivity contribution is -0.122. The van der Waals surface area contributed by atoms with Crippen LogP contribution in [-0.4, -0.2) is 107 Å². The first kappa shape index (κ1) is 37.4. The van der Waals surface area contributed by atoms with Crippen molar-refractivity contribution < 1.29 is 19.2 Å². The first-order valence-corrected chi connectivity index (χ1v) is 14.4. The van der Waals surface area contributed by atoms with E-state index in [9.17, 15) is 19.2 Å². The number of carbonyl (C=O) groups excluding carboxylic acids is 4. The molecule has 0 saturated heterocycles. The second-order valence-corrected chi connectivity index (χ2v) is 10.2. The molecule has 232 valence electrons. The van der Waals surface area contributed by atoms with E-state index in [2.05, 4.69) is 56.1 Å². The highest BCUT2D eigenvalue weighted by atomic mass is 16.2. The number of likely N-dealkylation sites (N-methyl/N-ethyl adjacent to an activating group) is 1. The molecule has 0 bridgehead atoms. The van der Waals surface area contributed by atoms with Crippen LogP contribution in [0.4, 0.5) is 4.79 Å². The fourth-order valence-electron chi connectivity index (χ4n) is 4.16. The third-order valence-corrected chi connectivity index (χ3v) is 6.53. The molecule has 0 unspecified atom stereocenters. The third kappa shape index (κ3) is 18.6. The highest BCUT2D eigenvalue weighted by molar-refractivity contribution is 5.89. The minimum atomic E-state index is -0.597. The van der Waals surface area contributed by atoms with Gasteiger partial charge in [0.05, 0.1) is 31.2 Å². The maximum absolute atomic E-state index is 13.2. The van der Waals surface area contributed by atoms with Gasteiger partial charge < -0.3 is 43.0 Å². The number of primary amides is 1. The molecule has 0 aliphatic rings. The number of nitrogens with zero attached hydrogens (tertiary/aromatic N) is 1. The largest absolute Gasteiger partial charge is 0.359 e. The van der Waals surface area contributed by atoms with Gasteiger partial charge in [-0.05, 0) is 59.0 Å². The van der Waals surface area contributed by atoms with Crippen LogP contribution >= 0.6 is 0 Å². The zero-order valence-electron chi connectivity index (χ0n) is 25.5. The molecule has 40 heavy (non-hydrogen) atoms. The van der Waals surface area contributed by atoms with Crippen LogP contribution in [0.2, 0.25) is 0 Å². The van der Waals surface area contributed by atoms with Crippen LogP contribution in [0.1, 0.15) is 65.7 Å². The van der Waals surface area contributed by atoms with Crippen LogP contribution in [0.25, 0.3) is 0 Å². The van der Waals surface area contributed by atoms with Gasteiger partial charge in [-0.25, -0.2) is 4.79 Å². The van der Waals surface area contributed by atoms with Gasteiger partial charge in [0.15, 0.2) is 17.5 Å². The van der Waals surface area contributed by atoms with Crippen molar-refractivity contribution in [3.8, 4) is 0 Å². The van der Waals surface area contributed by atoms with Crippen molar-refractivity contribution in [2.45, 2.75) is 89.9 Å². The number of hydrogen-bond acceptors (Lipinski definition) is 9. The van der Waals surface area contributed by atoms with E-state index in [4.69, 9.17) is 5.73 Å². The molecule has 0 aromatic carbocycles. The maximum atomic E-state index is 13.2. The number of carbonyl (C=O) groups is 4. The summed E-state index contributed by atoms with van der Waals surface area (Å²) < 4.78 is 0. The van der Waals surface area contributed by atoms with E-state index in [0.29, 0.717) is 57.2 Å². The molecule has 0 aromatic rings. The third-order valence-electron chi connectivity index (χ3n) is 6.53. The first-order valence-electron chi connectivity index (χ1n) is 14.4. The van der Waals surface area contributed by atoms with E-state index >= 15 is 0 Å². The number of aliphatic imine (C=N–C) groups is 1.